The van der Waals surface area contributed by atoms with Crippen molar-refractivity contribution in [1.29, 1.82) is 5.26 Å². The second-order valence-electron chi connectivity index (χ2n) is 9.97. The fraction of sp³-hybridized carbons (Fsp3) is 0.212. The van der Waals surface area contributed by atoms with E-state index >= 15 is 0 Å². The van der Waals surface area contributed by atoms with E-state index in [2.05, 4.69) is 16.1 Å². The fourth-order valence-corrected chi connectivity index (χ4v) is 4.76. The van der Waals surface area contributed by atoms with Crippen LogP contribution in [0.25, 0.3) is 11.1 Å². The molecule has 0 aromatic heterocycles. The summed E-state index contributed by atoms with van der Waals surface area (Å²) < 4.78 is 52.9. The van der Waals surface area contributed by atoms with Crippen molar-refractivity contribution in [2.75, 3.05) is 18.5 Å². The van der Waals surface area contributed by atoms with E-state index in [4.69, 9.17) is 14.7 Å². The minimum atomic E-state index is -4.74. The highest BCUT2D eigenvalue weighted by Crippen LogP contribution is 2.31. The van der Waals surface area contributed by atoms with Crippen molar-refractivity contribution >= 4 is 11.8 Å². The molecule has 1 aliphatic rings. The number of carbonyl (C=O) groups excluding carboxylic acids is 1. The monoisotopic (exact) mass is 587 g/mol. The Hall–Kier alpha value is -5.17. The normalized spacial score (nSPS) is 12.9. The third kappa shape index (κ3) is 7.57. The molecule has 0 unspecified atom stereocenters. The van der Waals surface area contributed by atoms with Gasteiger partial charge >= 0.3 is 12.5 Å². The largest absolute Gasteiger partial charge is 0.573 e. The molecule has 0 atom stereocenters. The molecule has 220 valence electrons. The minimum Gasteiger partial charge on any atom is -0.488 e. The quantitative estimate of drug-likeness (QED) is 0.206. The molecular formula is C33H28F3N3O4. The first-order valence-electron chi connectivity index (χ1n) is 13.5. The van der Waals surface area contributed by atoms with Gasteiger partial charge in [0, 0.05) is 23.9 Å². The number of nitriles is 1. The summed E-state index contributed by atoms with van der Waals surface area (Å²) in [5.74, 6) is 0.342. The number of benzene rings is 4. The van der Waals surface area contributed by atoms with Crippen molar-refractivity contribution in [1.82, 2.24) is 4.90 Å². The van der Waals surface area contributed by atoms with Gasteiger partial charge in [0.25, 0.3) is 0 Å². The van der Waals surface area contributed by atoms with Gasteiger partial charge in [-0.3, -0.25) is 0 Å². The van der Waals surface area contributed by atoms with Gasteiger partial charge in [-0.2, -0.15) is 5.26 Å². The summed E-state index contributed by atoms with van der Waals surface area (Å²) in [6.45, 7) is 3.93. The number of halogens is 3. The van der Waals surface area contributed by atoms with Crippen LogP contribution in [0.2, 0.25) is 0 Å². The molecule has 0 radical (unpaired) electrons. The molecule has 4 aromatic carbocycles. The first-order valence-corrected chi connectivity index (χ1v) is 13.5. The Bertz CT molecular complexity index is 1630. The topological polar surface area (TPSA) is 83.8 Å². The third-order valence-electron chi connectivity index (χ3n) is 7.08. The van der Waals surface area contributed by atoms with Crippen molar-refractivity contribution in [3.05, 3.63) is 113 Å². The van der Waals surface area contributed by atoms with Crippen molar-refractivity contribution in [2.24, 2.45) is 0 Å². The molecule has 43 heavy (non-hydrogen) atoms. The molecule has 1 aliphatic heterocycles. The Morgan fingerprint density at radius 1 is 1.00 bits per heavy atom. The molecule has 0 bridgehead atoms. The number of carbonyl (C=O) groups is 1. The summed E-state index contributed by atoms with van der Waals surface area (Å²) in [6.07, 6.45) is -5.10. The maximum Gasteiger partial charge on any atom is 0.573 e. The van der Waals surface area contributed by atoms with Gasteiger partial charge in [-0.05, 0) is 65.1 Å². The van der Waals surface area contributed by atoms with E-state index in [1.807, 2.05) is 55.5 Å². The lowest BCUT2D eigenvalue weighted by molar-refractivity contribution is -0.274. The van der Waals surface area contributed by atoms with E-state index < -0.39 is 6.36 Å². The van der Waals surface area contributed by atoms with Crippen LogP contribution in [0.4, 0.5) is 23.7 Å². The predicted octanol–water partition coefficient (Wildman–Crippen LogP) is 7.58. The molecule has 5 rings (SSSR count). The number of amides is 1. The first kappa shape index (κ1) is 29.3. The number of nitrogens with one attached hydrogen (secondary N) is 1. The SMILES string of the molecule is Cc1c(CNc2ccc(CN3CCOC3=O)c(OCc3ccc(C#N)cc3)c2)cccc1-c1ccc(OC(F)(F)F)cc1. The molecule has 1 heterocycles. The van der Waals surface area contributed by atoms with Gasteiger partial charge in [0.15, 0.2) is 0 Å². The van der Waals surface area contributed by atoms with Crippen LogP contribution in [0, 0.1) is 18.3 Å². The van der Waals surface area contributed by atoms with Gasteiger partial charge in [-0.25, -0.2) is 4.79 Å². The van der Waals surface area contributed by atoms with Crippen LogP contribution in [0.1, 0.15) is 27.8 Å². The fourth-order valence-electron chi connectivity index (χ4n) is 4.76. The number of rotatable bonds is 10. The van der Waals surface area contributed by atoms with Crippen molar-refractivity contribution < 1.29 is 32.2 Å². The molecule has 1 saturated heterocycles. The zero-order valence-electron chi connectivity index (χ0n) is 23.3. The lowest BCUT2D eigenvalue weighted by Crippen LogP contribution is -2.23. The van der Waals surface area contributed by atoms with Gasteiger partial charge < -0.3 is 24.4 Å². The Kier molecular flexibility index (Phi) is 8.71. The number of hydrogen-bond acceptors (Lipinski definition) is 6. The van der Waals surface area contributed by atoms with Crippen molar-refractivity contribution in [3.8, 4) is 28.7 Å². The summed E-state index contributed by atoms with van der Waals surface area (Å²) in [4.78, 5) is 13.7. The van der Waals surface area contributed by atoms with E-state index in [1.54, 1.807) is 29.2 Å². The molecular weight excluding hydrogens is 559 g/mol. The molecule has 1 fully saturated rings. The highest BCUT2D eigenvalue weighted by atomic mass is 19.4. The van der Waals surface area contributed by atoms with E-state index in [1.165, 1.54) is 12.1 Å². The maximum absolute atomic E-state index is 12.5. The van der Waals surface area contributed by atoms with E-state index in [0.717, 1.165) is 39.1 Å². The van der Waals surface area contributed by atoms with Gasteiger partial charge in [0.1, 0.15) is 24.7 Å². The van der Waals surface area contributed by atoms with Crippen LogP contribution in [-0.4, -0.2) is 30.5 Å². The minimum absolute atomic E-state index is 0.269. The van der Waals surface area contributed by atoms with Gasteiger partial charge in [0.2, 0.25) is 0 Å². The molecule has 0 spiro atoms. The van der Waals surface area contributed by atoms with Crippen LogP contribution in [0.15, 0.2) is 84.9 Å². The van der Waals surface area contributed by atoms with Crippen LogP contribution in [-0.2, 0) is 24.4 Å². The lowest BCUT2D eigenvalue weighted by Gasteiger charge is -2.19. The Morgan fingerprint density at radius 2 is 1.77 bits per heavy atom. The summed E-state index contributed by atoms with van der Waals surface area (Å²) in [7, 11) is 0. The van der Waals surface area contributed by atoms with E-state index in [0.29, 0.717) is 37.6 Å². The number of alkyl halides is 3. The molecule has 7 nitrogen and oxygen atoms in total. The van der Waals surface area contributed by atoms with Crippen LogP contribution < -0.4 is 14.8 Å². The van der Waals surface area contributed by atoms with E-state index in [-0.39, 0.29) is 18.4 Å². The Labute approximate surface area is 247 Å². The lowest BCUT2D eigenvalue weighted by atomic mass is 9.96. The predicted molar refractivity (Wildman–Crippen MR) is 154 cm³/mol. The summed E-state index contributed by atoms with van der Waals surface area (Å²) >= 11 is 0. The number of hydrogen-bond donors (Lipinski definition) is 1. The summed E-state index contributed by atoms with van der Waals surface area (Å²) in [6, 6.07) is 26.6. The highest BCUT2D eigenvalue weighted by molar-refractivity contribution is 5.70. The molecule has 10 heteroatoms. The number of anilines is 1. The molecule has 0 saturated carbocycles. The molecule has 0 aliphatic carbocycles. The smallest absolute Gasteiger partial charge is 0.488 e. The van der Waals surface area contributed by atoms with Crippen molar-refractivity contribution in [3.63, 3.8) is 0 Å². The zero-order chi connectivity index (χ0) is 30.4. The highest BCUT2D eigenvalue weighted by Gasteiger charge is 2.31. The molecule has 4 aromatic rings. The summed E-state index contributed by atoms with van der Waals surface area (Å²) in [5, 5.41) is 12.5. The van der Waals surface area contributed by atoms with Gasteiger partial charge in [0.05, 0.1) is 24.7 Å². The summed E-state index contributed by atoms with van der Waals surface area (Å²) in [5.41, 5.74) is 6.77. The zero-order valence-corrected chi connectivity index (χ0v) is 23.3. The van der Waals surface area contributed by atoms with Crippen molar-refractivity contribution in [2.45, 2.75) is 33.0 Å². The Morgan fingerprint density at radius 3 is 2.44 bits per heavy atom. The second-order valence-corrected chi connectivity index (χ2v) is 9.97. The van der Waals surface area contributed by atoms with Crippen LogP contribution >= 0.6 is 0 Å². The van der Waals surface area contributed by atoms with Crippen LogP contribution in [0.3, 0.4) is 0 Å². The number of ether oxygens (including phenoxy) is 3. The average Bonchev–Trinajstić information content (AvgIpc) is 3.40. The molecule has 1 amide bonds. The third-order valence-corrected chi connectivity index (χ3v) is 7.08. The van der Waals surface area contributed by atoms with Gasteiger partial charge in [-0.1, -0.05) is 48.5 Å². The standard InChI is InChI=1S/C33H28F3N3O4/c1-22-26(3-2-4-30(22)25-10-13-29(14-11-25)43-33(34,35)36)19-38-28-12-9-27(20-39-15-16-41-32(39)40)31(17-28)42-21-24-7-5-23(18-37)6-8-24/h2-14,17,38H,15-16,19-21H2,1H3. The Balaban J connectivity index is 1.32. The first-order chi connectivity index (χ1) is 20.7. The van der Waals surface area contributed by atoms with E-state index in [9.17, 15) is 18.0 Å². The molecule has 1 N–H and O–H groups in total. The number of cyclic esters (lactones) is 1. The van der Waals surface area contributed by atoms with Gasteiger partial charge in [-0.15, -0.1) is 13.2 Å². The maximum atomic E-state index is 12.5. The van der Waals surface area contributed by atoms with Crippen LogP contribution in [0.5, 0.6) is 11.5 Å². The second kappa shape index (κ2) is 12.8. The average molecular weight is 588 g/mol. The number of nitrogens with zero attached hydrogens (tertiary/aromatic N) is 2.